The Hall–Kier alpha value is -1.46. The van der Waals surface area contributed by atoms with Crippen molar-refractivity contribution in [3.63, 3.8) is 0 Å². The third-order valence-electron chi connectivity index (χ3n) is 2.83. The van der Waals surface area contributed by atoms with E-state index in [1.165, 1.54) is 0 Å². The molecule has 1 atom stereocenters. The van der Waals surface area contributed by atoms with E-state index in [0.29, 0.717) is 22.8 Å². The highest BCUT2D eigenvalue weighted by molar-refractivity contribution is 7.91. The summed E-state index contributed by atoms with van der Waals surface area (Å²) in [5.74, 6) is 1.29. The summed E-state index contributed by atoms with van der Waals surface area (Å²) in [6.07, 6.45) is 0. The fourth-order valence-corrected chi connectivity index (χ4v) is 2.29. The number of rotatable bonds is 3. The van der Waals surface area contributed by atoms with Crippen molar-refractivity contribution in [1.29, 1.82) is 0 Å². The maximum atomic E-state index is 12.0. The first-order chi connectivity index (χ1) is 9.32. The Morgan fingerprint density at radius 3 is 2.65 bits per heavy atom. The van der Waals surface area contributed by atoms with Crippen molar-refractivity contribution in [2.75, 3.05) is 7.11 Å². The minimum Gasteiger partial charge on any atom is -0.591 e. The molecule has 0 aliphatic rings. The van der Waals surface area contributed by atoms with Crippen LogP contribution in [-0.2, 0) is 11.4 Å². The summed E-state index contributed by atoms with van der Waals surface area (Å²) in [5.41, 5.74) is 1.30. The quantitative estimate of drug-likeness (QED) is 0.640. The van der Waals surface area contributed by atoms with Gasteiger partial charge in [0.1, 0.15) is 21.8 Å². The fourth-order valence-electron chi connectivity index (χ4n) is 1.68. The first-order valence-corrected chi connectivity index (χ1v) is 7.48. The summed E-state index contributed by atoms with van der Waals surface area (Å²) in [4.78, 5) is 0. The van der Waals surface area contributed by atoms with Crippen LogP contribution in [0.3, 0.4) is 0 Å². The summed E-state index contributed by atoms with van der Waals surface area (Å²) in [7, 11) is 1.60. The molecule has 0 aliphatic carbocycles. The molecule has 0 N–H and O–H groups in total. The molecular weight excluding hydrogens is 274 g/mol. The predicted molar refractivity (Wildman–Crippen MR) is 82.9 cm³/mol. The van der Waals surface area contributed by atoms with Gasteiger partial charge >= 0.3 is 0 Å². The largest absolute Gasteiger partial charge is 0.591 e. The van der Waals surface area contributed by atoms with Gasteiger partial charge in [0.2, 0.25) is 0 Å². The standard InChI is InChI=1S/C15H19NO3S/c1-10(16-20(17)15(2,3)4)13-9-11-7-6-8-12(18-5)14(11)19-13/h6-9H,1-5H3. The van der Waals surface area contributed by atoms with Gasteiger partial charge in [0.25, 0.3) is 0 Å². The molecule has 0 radical (unpaired) electrons. The summed E-state index contributed by atoms with van der Waals surface area (Å²) in [6.45, 7) is 7.47. The lowest BCUT2D eigenvalue weighted by Gasteiger charge is -2.18. The fraction of sp³-hybridized carbons (Fsp3) is 0.400. The van der Waals surface area contributed by atoms with E-state index in [1.54, 1.807) is 14.0 Å². The van der Waals surface area contributed by atoms with Crippen molar-refractivity contribution in [3.8, 4) is 5.75 Å². The van der Waals surface area contributed by atoms with E-state index in [2.05, 4.69) is 4.40 Å². The van der Waals surface area contributed by atoms with Gasteiger partial charge in [0, 0.05) is 5.39 Å². The normalized spacial score (nSPS) is 14.6. The highest BCUT2D eigenvalue weighted by atomic mass is 32.2. The molecule has 2 rings (SSSR count). The minimum atomic E-state index is -1.30. The Bertz CT molecular complexity index is 640. The maximum Gasteiger partial charge on any atom is 0.176 e. The highest BCUT2D eigenvalue weighted by Gasteiger charge is 2.27. The molecule has 1 unspecified atom stereocenters. The van der Waals surface area contributed by atoms with Crippen LogP contribution in [0.1, 0.15) is 33.5 Å². The van der Waals surface area contributed by atoms with Crippen LogP contribution >= 0.6 is 0 Å². The van der Waals surface area contributed by atoms with Crippen molar-refractivity contribution in [1.82, 2.24) is 0 Å². The average molecular weight is 293 g/mol. The van der Waals surface area contributed by atoms with Gasteiger partial charge in [0.05, 0.1) is 7.11 Å². The van der Waals surface area contributed by atoms with E-state index in [1.807, 2.05) is 45.0 Å². The van der Waals surface area contributed by atoms with Gasteiger partial charge in [-0.25, -0.2) is 0 Å². The van der Waals surface area contributed by atoms with Gasteiger partial charge in [-0.15, -0.1) is 0 Å². The van der Waals surface area contributed by atoms with Crippen LogP contribution in [0.4, 0.5) is 0 Å². The molecule has 0 amide bonds. The maximum absolute atomic E-state index is 12.0. The van der Waals surface area contributed by atoms with E-state index in [4.69, 9.17) is 9.15 Å². The van der Waals surface area contributed by atoms with Gasteiger partial charge in [-0.05, 0) is 39.8 Å². The Balaban J connectivity index is 2.41. The van der Waals surface area contributed by atoms with Gasteiger partial charge < -0.3 is 13.7 Å². The number of fused-ring (bicyclic) bond motifs is 1. The number of hydrogen-bond acceptors (Lipinski definition) is 4. The van der Waals surface area contributed by atoms with E-state index >= 15 is 0 Å². The van der Waals surface area contributed by atoms with E-state index in [9.17, 15) is 4.55 Å². The topological polar surface area (TPSA) is 57.8 Å². The second kappa shape index (κ2) is 5.50. The first-order valence-electron chi connectivity index (χ1n) is 6.37. The lowest BCUT2D eigenvalue weighted by atomic mass is 10.2. The molecule has 20 heavy (non-hydrogen) atoms. The molecule has 0 spiro atoms. The molecule has 1 heterocycles. The van der Waals surface area contributed by atoms with E-state index in [-0.39, 0.29) is 4.75 Å². The number of methoxy groups -OCH3 is 1. The van der Waals surface area contributed by atoms with Gasteiger partial charge in [-0.1, -0.05) is 16.5 Å². The molecule has 2 aromatic rings. The molecule has 1 aromatic heterocycles. The van der Waals surface area contributed by atoms with Gasteiger partial charge in [-0.2, -0.15) is 0 Å². The summed E-state index contributed by atoms with van der Waals surface area (Å²) >= 11 is -1.30. The van der Waals surface area contributed by atoms with Crippen molar-refractivity contribution < 1.29 is 13.7 Å². The lowest BCUT2D eigenvalue weighted by Crippen LogP contribution is -2.26. The van der Waals surface area contributed by atoms with Crippen molar-refractivity contribution in [3.05, 3.63) is 30.0 Å². The number of furan rings is 1. The molecule has 1 aromatic carbocycles. The van der Waals surface area contributed by atoms with Crippen molar-refractivity contribution in [2.45, 2.75) is 32.4 Å². The second-order valence-corrected chi connectivity index (χ2v) is 7.43. The van der Waals surface area contributed by atoms with Crippen LogP contribution in [0, 0.1) is 0 Å². The first kappa shape index (κ1) is 14.9. The van der Waals surface area contributed by atoms with Crippen LogP contribution in [0.2, 0.25) is 0 Å². The van der Waals surface area contributed by atoms with E-state index in [0.717, 1.165) is 5.39 Å². The number of para-hydroxylation sites is 1. The minimum absolute atomic E-state index is 0.384. The molecule has 108 valence electrons. The average Bonchev–Trinajstić information content (AvgIpc) is 2.81. The van der Waals surface area contributed by atoms with Crippen LogP contribution in [-0.4, -0.2) is 22.1 Å². The van der Waals surface area contributed by atoms with Gasteiger partial charge in [0.15, 0.2) is 17.1 Å². The van der Waals surface area contributed by atoms with Crippen molar-refractivity contribution in [2.24, 2.45) is 4.40 Å². The zero-order valence-corrected chi connectivity index (χ0v) is 13.2. The lowest BCUT2D eigenvalue weighted by molar-refractivity contribution is 0.410. The van der Waals surface area contributed by atoms with Gasteiger partial charge in [-0.3, -0.25) is 0 Å². The zero-order chi connectivity index (χ0) is 14.9. The third kappa shape index (κ3) is 2.99. The Morgan fingerprint density at radius 1 is 1.35 bits per heavy atom. The number of ether oxygens (including phenoxy) is 1. The molecule has 0 fully saturated rings. The monoisotopic (exact) mass is 293 g/mol. The molecule has 4 nitrogen and oxygen atoms in total. The summed E-state index contributed by atoms with van der Waals surface area (Å²) in [6, 6.07) is 7.57. The van der Waals surface area contributed by atoms with Crippen LogP contribution in [0.25, 0.3) is 11.0 Å². The summed E-state index contributed by atoms with van der Waals surface area (Å²) < 4.78 is 26.9. The van der Waals surface area contributed by atoms with Crippen LogP contribution < -0.4 is 4.74 Å². The van der Waals surface area contributed by atoms with Crippen LogP contribution in [0.5, 0.6) is 5.75 Å². The molecule has 5 heteroatoms. The van der Waals surface area contributed by atoms with Crippen LogP contribution in [0.15, 0.2) is 33.1 Å². The SMILES string of the molecule is COc1cccc2cc(C(C)=N[S+]([O-])C(C)(C)C)oc12. The molecular formula is C15H19NO3S. The number of benzene rings is 1. The summed E-state index contributed by atoms with van der Waals surface area (Å²) in [5, 5.41) is 0.940. The number of nitrogens with zero attached hydrogens (tertiary/aromatic N) is 1. The smallest absolute Gasteiger partial charge is 0.176 e. The highest BCUT2D eigenvalue weighted by Crippen LogP contribution is 2.29. The predicted octanol–water partition coefficient (Wildman–Crippen LogP) is 3.71. The third-order valence-corrected chi connectivity index (χ3v) is 4.32. The Morgan fingerprint density at radius 2 is 2.05 bits per heavy atom. The Labute approximate surface area is 122 Å². The Kier molecular flexibility index (Phi) is 4.11. The molecule has 0 saturated heterocycles. The molecule has 0 bridgehead atoms. The zero-order valence-electron chi connectivity index (χ0n) is 12.4. The number of hydrogen-bond donors (Lipinski definition) is 0. The molecule has 0 saturated carbocycles. The molecule has 0 aliphatic heterocycles. The van der Waals surface area contributed by atoms with E-state index < -0.39 is 11.4 Å². The van der Waals surface area contributed by atoms with Crippen molar-refractivity contribution >= 4 is 28.0 Å². The second-order valence-electron chi connectivity index (χ2n) is 5.53.